The molecule has 0 unspecified atom stereocenters. The summed E-state index contributed by atoms with van der Waals surface area (Å²) in [5, 5.41) is 6.86. The topological polar surface area (TPSA) is 91.0 Å². The number of hydrogen-bond donors (Lipinski definition) is 0. The second kappa shape index (κ2) is 4.27. The van der Waals surface area contributed by atoms with E-state index in [1.165, 1.54) is 24.8 Å². The van der Waals surface area contributed by atoms with Gasteiger partial charge in [0.2, 0.25) is 0 Å². The number of esters is 1. The van der Waals surface area contributed by atoms with Gasteiger partial charge in [0.1, 0.15) is 18.6 Å². The van der Waals surface area contributed by atoms with Gasteiger partial charge in [0.05, 0.1) is 6.20 Å². The Hall–Kier alpha value is -2.31. The van der Waals surface area contributed by atoms with Gasteiger partial charge in [-0.2, -0.15) is 0 Å². The van der Waals surface area contributed by atoms with Gasteiger partial charge in [-0.3, -0.25) is 0 Å². The highest BCUT2D eigenvalue weighted by molar-refractivity contribution is 5.86. The quantitative estimate of drug-likeness (QED) is 0.663. The van der Waals surface area contributed by atoms with Gasteiger partial charge in [0, 0.05) is 6.20 Å². The summed E-state index contributed by atoms with van der Waals surface area (Å²) in [5.74, 6) is -0.541. The van der Waals surface area contributed by atoms with Crippen LogP contribution in [0.25, 0.3) is 0 Å². The Morgan fingerprint density at radius 1 is 1.53 bits per heavy atom. The van der Waals surface area contributed by atoms with Crippen molar-refractivity contribution in [1.82, 2.24) is 20.3 Å². The zero-order chi connectivity index (χ0) is 10.5. The van der Waals surface area contributed by atoms with Crippen LogP contribution in [0.4, 0.5) is 0 Å². The molecular weight excluding hydrogens is 200 g/mol. The molecule has 0 aliphatic carbocycles. The van der Waals surface area contributed by atoms with Crippen LogP contribution in [0.2, 0.25) is 0 Å². The maximum Gasteiger partial charge on any atom is 0.357 e. The Kier molecular flexibility index (Phi) is 2.63. The molecule has 0 amide bonds. The monoisotopic (exact) mass is 206 g/mol. The molecule has 0 aliphatic heterocycles. The van der Waals surface area contributed by atoms with Gasteiger partial charge >= 0.3 is 5.97 Å². The van der Waals surface area contributed by atoms with Crippen LogP contribution in [-0.2, 0) is 11.3 Å². The smallest absolute Gasteiger partial charge is 0.357 e. The van der Waals surface area contributed by atoms with Crippen molar-refractivity contribution in [3.05, 3.63) is 36.2 Å². The van der Waals surface area contributed by atoms with E-state index in [4.69, 9.17) is 4.74 Å². The average molecular weight is 206 g/mol. The number of nitrogens with zero attached hydrogens (tertiary/aromatic N) is 4. The third-order valence-electron chi connectivity index (χ3n) is 1.55. The molecule has 0 radical (unpaired) electrons. The SMILES string of the molecule is O=C(OCc1cnon1)c1ccncn1. The van der Waals surface area contributed by atoms with E-state index in [1.54, 1.807) is 0 Å². The van der Waals surface area contributed by atoms with Crippen molar-refractivity contribution in [3.8, 4) is 0 Å². The van der Waals surface area contributed by atoms with Gasteiger partial charge < -0.3 is 4.74 Å². The fourth-order valence-electron chi connectivity index (χ4n) is 0.872. The zero-order valence-corrected chi connectivity index (χ0v) is 7.53. The Morgan fingerprint density at radius 3 is 3.13 bits per heavy atom. The molecule has 15 heavy (non-hydrogen) atoms. The van der Waals surface area contributed by atoms with Gasteiger partial charge in [-0.15, -0.1) is 0 Å². The maximum atomic E-state index is 11.3. The van der Waals surface area contributed by atoms with Gasteiger partial charge in [0.25, 0.3) is 0 Å². The van der Waals surface area contributed by atoms with Gasteiger partial charge in [-0.1, -0.05) is 10.3 Å². The first kappa shape index (κ1) is 9.25. The van der Waals surface area contributed by atoms with Crippen LogP contribution in [0.3, 0.4) is 0 Å². The Balaban J connectivity index is 1.94. The number of carbonyl (C=O) groups excluding carboxylic acids is 1. The number of ether oxygens (including phenoxy) is 1. The van der Waals surface area contributed by atoms with Crippen LogP contribution >= 0.6 is 0 Å². The second-order valence-electron chi connectivity index (χ2n) is 2.57. The summed E-state index contributed by atoms with van der Waals surface area (Å²) in [6, 6.07) is 1.46. The molecule has 7 nitrogen and oxygen atoms in total. The highest BCUT2D eigenvalue weighted by atomic mass is 16.6. The van der Waals surface area contributed by atoms with Crippen molar-refractivity contribution < 1.29 is 14.2 Å². The summed E-state index contributed by atoms with van der Waals surface area (Å²) in [6.07, 6.45) is 4.10. The van der Waals surface area contributed by atoms with E-state index in [9.17, 15) is 4.79 Å². The van der Waals surface area contributed by atoms with Crippen LogP contribution in [0, 0.1) is 0 Å². The van der Waals surface area contributed by atoms with Gasteiger partial charge in [-0.05, 0) is 6.07 Å². The Labute approximate surface area is 84.1 Å². The Morgan fingerprint density at radius 2 is 2.47 bits per heavy atom. The minimum atomic E-state index is -0.541. The minimum Gasteiger partial charge on any atom is -0.454 e. The molecular formula is C8H6N4O3. The van der Waals surface area contributed by atoms with Crippen LogP contribution < -0.4 is 0 Å². The lowest BCUT2D eigenvalue weighted by Crippen LogP contribution is -2.07. The normalized spacial score (nSPS) is 9.87. The van der Waals surface area contributed by atoms with Crippen molar-refractivity contribution in [3.63, 3.8) is 0 Å². The largest absolute Gasteiger partial charge is 0.454 e. The predicted molar refractivity (Wildman–Crippen MR) is 45.4 cm³/mol. The van der Waals surface area contributed by atoms with Crippen molar-refractivity contribution in [1.29, 1.82) is 0 Å². The molecule has 0 saturated heterocycles. The van der Waals surface area contributed by atoms with Crippen LogP contribution in [0.15, 0.2) is 29.4 Å². The van der Waals surface area contributed by atoms with E-state index in [0.29, 0.717) is 5.69 Å². The molecule has 0 saturated carbocycles. The summed E-state index contributed by atoms with van der Waals surface area (Å²) in [4.78, 5) is 18.8. The highest BCUT2D eigenvalue weighted by Gasteiger charge is 2.09. The number of rotatable bonds is 3. The minimum absolute atomic E-state index is 0.00629. The van der Waals surface area contributed by atoms with Gasteiger partial charge in [-0.25, -0.2) is 19.4 Å². The molecule has 0 spiro atoms. The molecule has 0 aliphatic rings. The van der Waals surface area contributed by atoms with E-state index < -0.39 is 5.97 Å². The van der Waals surface area contributed by atoms with Crippen LogP contribution in [-0.4, -0.2) is 26.3 Å². The molecule has 2 heterocycles. The third-order valence-corrected chi connectivity index (χ3v) is 1.55. The van der Waals surface area contributed by atoms with Crippen molar-refractivity contribution >= 4 is 5.97 Å². The lowest BCUT2D eigenvalue weighted by molar-refractivity contribution is 0.0456. The van der Waals surface area contributed by atoms with E-state index in [0.717, 1.165) is 0 Å². The summed E-state index contributed by atoms with van der Waals surface area (Å²) >= 11 is 0. The highest BCUT2D eigenvalue weighted by Crippen LogP contribution is 1.99. The summed E-state index contributed by atoms with van der Waals surface area (Å²) < 4.78 is 9.22. The summed E-state index contributed by atoms with van der Waals surface area (Å²) in [7, 11) is 0. The Bertz CT molecular complexity index is 428. The predicted octanol–water partition coefficient (Wildman–Crippen LogP) is 0.217. The van der Waals surface area contributed by atoms with Crippen molar-refractivity contribution in [2.75, 3.05) is 0 Å². The van der Waals surface area contributed by atoms with Gasteiger partial charge in [0.15, 0.2) is 5.69 Å². The molecule has 0 bridgehead atoms. The molecule has 76 valence electrons. The summed E-state index contributed by atoms with van der Waals surface area (Å²) in [5.41, 5.74) is 0.638. The molecule has 0 N–H and O–H groups in total. The zero-order valence-electron chi connectivity index (χ0n) is 7.53. The average Bonchev–Trinajstić information content (AvgIpc) is 2.80. The standard InChI is InChI=1S/C8H6N4O3/c13-8(7-1-2-9-5-10-7)14-4-6-3-11-15-12-6/h1-3,5H,4H2. The van der Waals surface area contributed by atoms with Crippen molar-refractivity contribution in [2.24, 2.45) is 0 Å². The molecule has 0 atom stereocenters. The van der Waals surface area contributed by atoms with Crippen LogP contribution in [0.5, 0.6) is 0 Å². The lowest BCUT2D eigenvalue weighted by Gasteiger charge is -1.99. The van der Waals surface area contributed by atoms with E-state index in [-0.39, 0.29) is 12.3 Å². The number of hydrogen-bond acceptors (Lipinski definition) is 7. The first-order valence-corrected chi connectivity index (χ1v) is 4.06. The molecule has 0 fully saturated rings. The first-order chi connectivity index (χ1) is 7.36. The lowest BCUT2D eigenvalue weighted by atomic mass is 10.4. The second-order valence-corrected chi connectivity index (χ2v) is 2.57. The fraction of sp³-hybridized carbons (Fsp3) is 0.125. The molecule has 0 aromatic carbocycles. The third kappa shape index (κ3) is 2.33. The van der Waals surface area contributed by atoms with E-state index in [2.05, 4.69) is 24.9 Å². The van der Waals surface area contributed by atoms with E-state index >= 15 is 0 Å². The number of aromatic nitrogens is 4. The number of carbonyl (C=O) groups is 1. The molecule has 2 aromatic heterocycles. The van der Waals surface area contributed by atoms with Crippen LogP contribution in [0.1, 0.15) is 16.2 Å². The van der Waals surface area contributed by atoms with Crippen molar-refractivity contribution in [2.45, 2.75) is 6.61 Å². The fourth-order valence-corrected chi connectivity index (χ4v) is 0.872. The summed E-state index contributed by atoms with van der Waals surface area (Å²) in [6.45, 7) is 0.00629. The molecule has 2 rings (SSSR count). The maximum absolute atomic E-state index is 11.3. The van der Waals surface area contributed by atoms with E-state index in [1.807, 2.05) is 0 Å². The molecule has 7 heteroatoms. The molecule has 2 aromatic rings. The first-order valence-electron chi connectivity index (χ1n) is 4.06.